The van der Waals surface area contributed by atoms with Crippen LogP contribution in [0.2, 0.25) is 0 Å². The molecular formula is C7H10BNO. The summed E-state index contributed by atoms with van der Waals surface area (Å²) in [5, 5.41) is 0. The molecule has 0 aliphatic rings. The molecule has 0 radical (unpaired) electrons. The molecule has 0 spiro atoms. The highest BCUT2D eigenvalue weighted by Gasteiger charge is 1.90. The first kappa shape index (κ1) is 7.13. The largest absolute Gasteiger partial charge is 0.481 e. The van der Waals surface area contributed by atoms with Crippen molar-refractivity contribution in [1.29, 1.82) is 0 Å². The molecule has 0 aliphatic carbocycles. The van der Waals surface area contributed by atoms with Gasteiger partial charge < -0.3 is 4.74 Å². The van der Waals surface area contributed by atoms with Gasteiger partial charge in [-0.15, -0.1) is 0 Å². The Morgan fingerprint density at radius 2 is 2.40 bits per heavy atom. The minimum Gasteiger partial charge on any atom is -0.481 e. The summed E-state index contributed by atoms with van der Waals surface area (Å²) in [4.78, 5) is 4.05. The normalized spacial score (nSPS) is 9.30. The van der Waals surface area contributed by atoms with E-state index in [1.54, 1.807) is 7.11 Å². The predicted octanol–water partition coefficient (Wildman–Crippen LogP) is 0.223. The van der Waals surface area contributed by atoms with Crippen molar-refractivity contribution >= 4 is 7.85 Å². The fourth-order valence-electron chi connectivity index (χ4n) is 0.741. The third-order valence-corrected chi connectivity index (χ3v) is 1.41. The minimum absolute atomic E-state index is 0.678. The lowest BCUT2D eigenvalue weighted by Crippen LogP contribution is -1.89. The molecule has 0 unspecified atom stereocenters. The van der Waals surface area contributed by atoms with Gasteiger partial charge in [0.2, 0.25) is 5.88 Å². The van der Waals surface area contributed by atoms with Gasteiger partial charge in [0, 0.05) is 12.3 Å². The highest BCUT2D eigenvalue weighted by molar-refractivity contribution is 6.08. The standard InChI is InChI=1S/C7H10BNO/c1-10-7-3-2-6(4-8)5-9-7/h2-3,5H,4,8H2,1H3. The van der Waals surface area contributed by atoms with E-state index in [1.807, 2.05) is 18.3 Å². The van der Waals surface area contributed by atoms with Crippen molar-refractivity contribution in [1.82, 2.24) is 4.98 Å². The van der Waals surface area contributed by atoms with Crippen molar-refractivity contribution in [3.05, 3.63) is 23.9 Å². The Kier molecular flexibility index (Phi) is 2.32. The molecule has 0 saturated carbocycles. The molecule has 0 bridgehead atoms. The van der Waals surface area contributed by atoms with Gasteiger partial charge in [0.05, 0.1) is 7.11 Å². The molecule has 0 fully saturated rings. The topological polar surface area (TPSA) is 22.1 Å². The first-order chi connectivity index (χ1) is 4.86. The number of nitrogens with zero attached hydrogens (tertiary/aromatic N) is 1. The summed E-state index contributed by atoms with van der Waals surface area (Å²) < 4.78 is 4.90. The van der Waals surface area contributed by atoms with E-state index in [4.69, 9.17) is 4.74 Å². The van der Waals surface area contributed by atoms with E-state index in [-0.39, 0.29) is 0 Å². The van der Waals surface area contributed by atoms with Crippen LogP contribution in [-0.2, 0) is 6.32 Å². The molecule has 0 saturated heterocycles. The lowest BCUT2D eigenvalue weighted by atomic mass is 9.99. The molecule has 0 amide bonds. The maximum absolute atomic E-state index is 4.90. The van der Waals surface area contributed by atoms with Gasteiger partial charge in [0.25, 0.3) is 0 Å². The summed E-state index contributed by atoms with van der Waals surface area (Å²) in [7, 11) is 3.72. The zero-order chi connectivity index (χ0) is 7.40. The molecule has 0 aromatic carbocycles. The first-order valence-electron chi connectivity index (χ1n) is 3.35. The van der Waals surface area contributed by atoms with Crippen molar-refractivity contribution in [2.24, 2.45) is 0 Å². The van der Waals surface area contributed by atoms with Crippen LogP contribution in [0.4, 0.5) is 0 Å². The number of methoxy groups -OCH3 is 1. The van der Waals surface area contributed by atoms with E-state index in [9.17, 15) is 0 Å². The van der Waals surface area contributed by atoms with Crippen LogP contribution in [0.15, 0.2) is 18.3 Å². The van der Waals surface area contributed by atoms with E-state index in [0.717, 1.165) is 6.32 Å². The SMILES string of the molecule is BCc1ccc(OC)nc1. The number of aromatic nitrogens is 1. The summed E-state index contributed by atoms with van der Waals surface area (Å²) in [6.45, 7) is 0. The van der Waals surface area contributed by atoms with Crippen LogP contribution in [0.3, 0.4) is 0 Å². The van der Waals surface area contributed by atoms with E-state index < -0.39 is 0 Å². The Morgan fingerprint density at radius 3 is 2.80 bits per heavy atom. The minimum atomic E-state index is 0.678. The maximum Gasteiger partial charge on any atom is 0.212 e. The van der Waals surface area contributed by atoms with Crippen molar-refractivity contribution in [3.8, 4) is 5.88 Å². The Balaban J connectivity index is 2.80. The molecule has 2 nitrogen and oxygen atoms in total. The van der Waals surface area contributed by atoms with Gasteiger partial charge in [0.15, 0.2) is 0 Å². The summed E-state index contributed by atoms with van der Waals surface area (Å²) in [5.41, 5.74) is 1.24. The molecule has 10 heavy (non-hydrogen) atoms. The summed E-state index contributed by atoms with van der Waals surface area (Å²) in [5.74, 6) is 0.678. The molecular weight excluding hydrogens is 125 g/mol. The van der Waals surface area contributed by atoms with Crippen LogP contribution in [-0.4, -0.2) is 19.9 Å². The molecule has 1 aromatic heterocycles. The van der Waals surface area contributed by atoms with Crippen molar-refractivity contribution < 1.29 is 4.74 Å². The molecule has 1 rings (SSSR count). The van der Waals surface area contributed by atoms with Crippen LogP contribution in [0.5, 0.6) is 5.88 Å². The number of ether oxygens (including phenoxy) is 1. The summed E-state index contributed by atoms with van der Waals surface area (Å²) in [6, 6.07) is 3.89. The lowest BCUT2D eigenvalue weighted by Gasteiger charge is -1.97. The van der Waals surface area contributed by atoms with E-state index in [1.165, 1.54) is 5.56 Å². The van der Waals surface area contributed by atoms with E-state index >= 15 is 0 Å². The molecule has 52 valence electrons. The molecule has 3 heteroatoms. The summed E-state index contributed by atoms with van der Waals surface area (Å²) in [6.07, 6.45) is 2.86. The second-order valence-corrected chi connectivity index (χ2v) is 2.06. The third-order valence-electron chi connectivity index (χ3n) is 1.41. The molecule has 0 atom stereocenters. The Hall–Kier alpha value is -0.985. The van der Waals surface area contributed by atoms with Gasteiger partial charge in [-0.05, 0) is 5.56 Å². The molecule has 1 aromatic rings. The van der Waals surface area contributed by atoms with Gasteiger partial charge >= 0.3 is 0 Å². The van der Waals surface area contributed by atoms with Gasteiger partial charge in [-0.1, -0.05) is 12.4 Å². The average Bonchev–Trinajstić information content (AvgIpc) is 2.05. The van der Waals surface area contributed by atoms with Gasteiger partial charge in [-0.25, -0.2) is 4.98 Å². The highest BCUT2D eigenvalue weighted by Crippen LogP contribution is 2.05. The Morgan fingerprint density at radius 1 is 1.60 bits per heavy atom. The van der Waals surface area contributed by atoms with Crippen LogP contribution >= 0.6 is 0 Å². The van der Waals surface area contributed by atoms with Gasteiger partial charge in [0.1, 0.15) is 7.85 Å². The quantitative estimate of drug-likeness (QED) is 0.541. The smallest absolute Gasteiger partial charge is 0.212 e. The number of hydrogen-bond donors (Lipinski definition) is 0. The molecule has 0 aliphatic heterocycles. The lowest BCUT2D eigenvalue weighted by molar-refractivity contribution is 0.397. The van der Waals surface area contributed by atoms with Crippen LogP contribution in [0.25, 0.3) is 0 Å². The number of rotatable bonds is 2. The van der Waals surface area contributed by atoms with Crippen LogP contribution in [0.1, 0.15) is 5.56 Å². The van der Waals surface area contributed by atoms with Gasteiger partial charge in [-0.3, -0.25) is 0 Å². The monoisotopic (exact) mass is 135 g/mol. The molecule has 1 heterocycles. The van der Waals surface area contributed by atoms with Crippen molar-refractivity contribution in [2.75, 3.05) is 7.11 Å². The third kappa shape index (κ3) is 1.50. The number of hydrogen-bond acceptors (Lipinski definition) is 2. The highest BCUT2D eigenvalue weighted by atomic mass is 16.5. The molecule has 0 N–H and O–H groups in total. The maximum atomic E-state index is 4.90. The fourth-order valence-corrected chi connectivity index (χ4v) is 0.741. The number of pyridine rings is 1. The Labute approximate surface area is 61.6 Å². The summed E-state index contributed by atoms with van der Waals surface area (Å²) >= 11 is 0. The second kappa shape index (κ2) is 3.25. The Bertz CT molecular complexity index is 174. The van der Waals surface area contributed by atoms with E-state index in [0.29, 0.717) is 5.88 Å². The first-order valence-corrected chi connectivity index (χ1v) is 3.35. The van der Waals surface area contributed by atoms with Crippen LogP contribution < -0.4 is 4.74 Å². The van der Waals surface area contributed by atoms with Crippen molar-refractivity contribution in [2.45, 2.75) is 6.32 Å². The average molecular weight is 135 g/mol. The fraction of sp³-hybridized carbons (Fsp3) is 0.286. The van der Waals surface area contributed by atoms with Crippen molar-refractivity contribution in [3.63, 3.8) is 0 Å². The van der Waals surface area contributed by atoms with E-state index in [2.05, 4.69) is 12.8 Å². The zero-order valence-electron chi connectivity index (χ0n) is 6.29. The second-order valence-electron chi connectivity index (χ2n) is 2.06. The van der Waals surface area contributed by atoms with Gasteiger partial charge in [-0.2, -0.15) is 0 Å². The van der Waals surface area contributed by atoms with Crippen LogP contribution in [0, 0.1) is 0 Å². The zero-order valence-corrected chi connectivity index (χ0v) is 6.29. The predicted molar refractivity (Wildman–Crippen MR) is 43.0 cm³/mol.